The molecule has 0 saturated heterocycles. The quantitative estimate of drug-likeness (QED) is 0.625. The number of rotatable bonds is 4. The number of methoxy groups -OCH3 is 2. The maximum Gasteiger partial charge on any atom is 0.235 e. The first kappa shape index (κ1) is 12.9. The minimum Gasteiger partial charge on any atom is -0.493 e. The normalized spacial score (nSPS) is 10.8. The zero-order chi connectivity index (χ0) is 13.8. The number of benzene rings is 2. The molecular formula is C14H13NO4. The van der Waals surface area contributed by atoms with Crippen LogP contribution >= 0.6 is 0 Å². The van der Waals surface area contributed by atoms with E-state index in [0.29, 0.717) is 11.5 Å². The molecule has 0 saturated carbocycles. The van der Waals surface area contributed by atoms with Crippen LogP contribution in [0.5, 0.6) is 11.5 Å². The summed E-state index contributed by atoms with van der Waals surface area (Å²) in [6.07, 6.45) is 2.37. The minimum atomic E-state index is -0.487. The summed E-state index contributed by atoms with van der Waals surface area (Å²) >= 11 is 0. The molecular weight excluding hydrogens is 246 g/mol. The molecule has 5 nitrogen and oxygen atoms in total. The minimum absolute atomic E-state index is 0.487. The molecule has 0 bridgehead atoms. The van der Waals surface area contributed by atoms with Crippen LogP contribution in [0.3, 0.4) is 0 Å². The van der Waals surface area contributed by atoms with Crippen molar-refractivity contribution in [3.8, 4) is 11.5 Å². The van der Waals surface area contributed by atoms with E-state index < -0.39 is 4.92 Å². The molecule has 19 heavy (non-hydrogen) atoms. The fourth-order valence-electron chi connectivity index (χ4n) is 1.84. The predicted octanol–water partition coefficient (Wildman–Crippen LogP) is 3.10. The number of hydrogen-bond donors (Lipinski definition) is 0. The number of hydrogen-bond acceptors (Lipinski definition) is 4. The van der Waals surface area contributed by atoms with Crippen molar-refractivity contribution in [1.29, 1.82) is 0 Å². The van der Waals surface area contributed by atoms with E-state index in [9.17, 15) is 10.1 Å². The lowest BCUT2D eigenvalue weighted by Gasteiger charge is -2.09. The molecule has 2 rings (SSSR count). The highest BCUT2D eigenvalue weighted by atomic mass is 16.6. The van der Waals surface area contributed by atoms with Crippen LogP contribution in [0.2, 0.25) is 0 Å². The van der Waals surface area contributed by atoms with E-state index in [2.05, 4.69) is 0 Å². The van der Waals surface area contributed by atoms with Crippen LogP contribution in [-0.4, -0.2) is 19.1 Å². The lowest BCUT2D eigenvalue weighted by atomic mass is 10.1. The van der Waals surface area contributed by atoms with Gasteiger partial charge in [0.15, 0.2) is 11.5 Å². The van der Waals surface area contributed by atoms with Gasteiger partial charge >= 0.3 is 0 Å². The van der Waals surface area contributed by atoms with Gasteiger partial charge in [0.2, 0.25) is 6.20 Å². The van der Waals surface area contributed by atoms with Gasteiger partial charge in [-0.05, 0) is 34.5 Å². The van der Waals surface area contributed by atoms with Crippen molar-refractivity contribution >= 4 is 16.8 Å². The molecule has 0 spiro atoms. The largest absolute Gasteiger partial charge is 0.493 e. The van der Waals surface area contributed by atoms with Crippen LogP contribution < -0.4 is 9.47 Å². The van der Waals surface area contributed by atoms with Crippen LogP contribution in [-0.2, 0) is 0 Å². The van der Waals surface area contributed by atoms with Crippen molar-refractivity contribution in [1.82, 2.24) is 0 Å². The van der Waals surface area contributed by atoms with Gasteiger partial charge in [-0.25, -0.2) is 0 Å². The Balaban J connectivity index is 2.50. The summed E-state index contributed by atoms with van der Waals surface area (Å²) in [5.41, 5.74) is 0.761. The van der Waals surface area contributed by atoms with Crippen LogP contribution in [0.1, 0.15) is 5.56 Å². The summed E-state index contributed by atoms with van der Waals surface area (Å²) in [4.78, 5) is 9.82. The fraction of sp³-hybridized carbons (Fsp3) is 0.143. The SMILES string of the molecule is COc1cc2ccc(/C=C/[N+](=O)[O-])cc2cc1OC. The van der Waals surface area contributed by atoms with Gasteiger partial charge < -0.3 is 9.47 Å². The second-order valence-electron chi connectivity index (χ2n) is 3.91. The van der Waals surface area contributed by atoms with Gasteiger partial charge in [0.1, 0.15) is 0 Å². The first-order valence-corrected chi connectivity index (χ1v) is 5.61. The van der Waals surface area contributed by atoms with Gasteiger partial charge in [-0.3, -0.25) is 10.1 Å². The van der Waals surface area contributed by atoms with Gasteiger partial charge in [0, 0.05) is 6.08 Å². The summed E-state index contributed by atoms with van der Waals surface area (Å²) in [5, 5.41) is 12.2. The van der Waals surface area contributed by atoms with E-state index >= 15 is 0 Å². The van der Waals surface area contributed by atoms with Crippen LogP contribution in [0.15, 0.2) is 36.5 Å². The molecule has 0 aliphatic rings. The first-order valence-electron chi connectivity index (χ1n) is 5.61. The molecule has 2 aromatic carbocycles. The molecule has 0 radical (unpaired) electrons. The van der Waals surface area contributed by atoms with E-state index in [1.165, 1.54) is 6.08 Å². The highest BCUT2D eigenvalue weighted by Gasteiger charge is 2.06. The zero-order valence-electron chi connectivity index (χ0n) is 10.6. The number of fused-ring (bicyclic) bond motifs is 1. The maximum absolute atomic E-state index is 10.3. The third kappa shape index (κ3) is 2.82. The Bertz CT molecular complexity index is 649. The van der Waals surface area contributed by atoms with Gasteiger partial charge in [-0.1, -0.05) is 12.1 Å². The molecule has 0 aromatic heterocycles. The Kier molecular flexibility index (Phi) is 3.66. The summed E-state index contributed by atoms with van der Waals surface area (Å²) < 4.78 is 10.5. The Hall–Kier alpha value is -2.56. The third-order valence-corrected chi connectivity index (χ3v) is 2.76. The average Bonchev–Trinajstić information content (AvgIpc) is 2.43. The smallest absolute Gasteiger partial charge is 0.235 e. The van der Waals surface area contributed by atoms with E-state index in [4.69, 9.17) is 9.47 Å². The Morgan fingerprint density at radius 1 is 1.05 bits per heavy atom. The van der Waals surface area contributed by atoms with Crippen molar-refractivity contribution in [3.63, 3.8) is 0 Å². The summed E-state index contributed by atoms with van der Waals surface area (Å²) in [5.74, 6) is 1.29. The zero-order valence-corrected chi connectivity index (χ0v) is 10.6. The molecule has 0 fully saturated rings. The van der Waals surface area contributed by atoms with Gasteiger partial charge in [-0.2, -0.15) is 0 Å². The third-order valence-electron chi connectivity index (χ3n) is 2.76. The van der Waals surface area contributed by atoms with E-state index in [0.717, 1.165) is 22.5 Å². The second kappa shape index (κ2) is 5.39. The van der Waals surface area contributed by atoms with Crippen molar-refractivity contribution in [3.05, 3.63) is 52.2 Å². The van der Waals surface area contributed by atoms with Crippen molar-refractivity contribution < 1.29 is 14.4 Å². The number of nitro groups is 1. The molecule has 0 aliphatic carbocycles. The van der Waals surface area contributed by atoms with Crippen LogP contribution in [0.25, 0.3) is 16.8 Å². The fourth-order valence-corrected chi connectivity index (χ4v) is 1.84. The monoisotopic (exact) mass is 259 g/mol. The molecule has 0 atom stereocenters. The molecule has 0 N–H and O–H groups in total. The summed E-state index contributed by atoms with van der Waals surface area (Å²) in [7, 11) is 3.15. The van der Waals surface area contributed by atoms with Crippen molar-refractivity contribution in [2.45, 2.75) is 0 Å². The summed E-state index contributed by atoms with van der Waals surface area (Å²) in [6, 6.07) is 9.27. The predicted molar refractivity (Wildman–Crippen MR) is 73.1 cm³/mol. The molecule has 98 valence electrons. The van der Waals surface area contributed by atoms with Gasteiger partial charge in [0.25, 0.3) is 0 Å². The Morgan fingerprint density at radius 2 is 1.68 bits per heavy atom. The lowest BCUT2D eigenvalue weighted by molar-refractivity contribution is -0.400. The van der Waals surface area contributed by atoms with E-state index in [-0.39, 0.29) is 0 Å². The molecule has 0 unspecified atom stereocenters. The number of nitrogens with zero attached hydrogens (tertiary/aromatic N) is 1. The van der Waals surface area contributed by atoms with Gasteiger partial charge in [0.05, 0.1) is 19.1 Å². The molecule has 0 amide bonds. The highest BCUT2D eigenvalue weighted by Crippen LogP contribution is 2.32. The van der Waals surface area contributed by atoms with Crippen LogP contribution in [0.4, 0.5) is 0 Å². The molecule has 0 heterocycles. The first-order chi connectivity index (χ1) is 9.13. The standard InChI is InChI=1S/C14H13NO4/c1-18-13-8-11-4-3-10(5-6-15(16)17)7-12(11)9-14(13)19-2/h3-9H,1-2H3/b6-5+. The average molecular weight is 259 g/mol. The molecule has 0 aliphatic heterocycles. The maximum atomic E-state index is 10.3. The number of ether oxygens (including phenoxy) is 2. The van der Waals surface area contributed by atoms with Crippen molar-refractivity contribution in [2.75, 3.05) is 14.2 Å². The topological polar surface area (TPSA) is 61.6 Å². The van der Waals surface area contributed by atoms with E-state index in [1.54, 1.807) is 14.2 Å². The lowest BCUT2D eigenvalue weighted by Crippen LogP contribution is -1.90. The summed E-state index contributed by atoms with van der Waals surface area (Å²) in [6.45, 7) is 0. The van der Waals surface area contributed by atoms with Crippen LogP contribution in [0, 0.1) is 10.1 Å². The molecule has 2 aromatic rings. The second-order valence-corrected chi connectivity index (χ2v) is 3.91. The van der Waals surface area contributed by atoms with Gasteiger partial charge in [-0.15, -0.1) is 0 Å². The van der Waals surface area contributed by atoms with Crippen molar-refractivity contribution in [2.24, 2.45) is 0 Å². The highest BCUT2D eigenvalue weighted by molar-refractivity contribution is 5.88. The Morgan fingerprint density at radius 3 is 2.26 bits per heavy atom. The Labute approximate surface area is 110 Å². The van der Waals surface area contributed by atoms with E-state index in [1.807, 2.05) is 30.3 Å². The molecule has 5 heteroatoms.